The summed E-state index contributed by atoms with van der Waals surface area (Å²) in [5, 5.41) is 11.8. The maximum absolute atomic E-state index is 13.4. The fraction of sp³-hybridized carbons (Fsp3) is 0.250. The number of alkyl halides is 3. The van der Waals surface area contributed by atoms with Crippen molar-refractivity contribution in [2.45, 2.75) is 37.5 Å². The Balaban J connectivity index is 1.27. The highest BCUT2D eigenvalue weighted by Gasteiger charge is 2.46. The number of hydrogen-bond donors (Lipinski definition) is 2. The Labute approximate surface area is 222 Å². The number of fused-ring (bicyclic) bond motifs is 2. The van der Waals surface area contributed by atoms with Crippen LogP contribution in [-0.4, -0.2) is 24.0 Å². The van der Waals surface area contributed by atoms with Gasteiger partial charge in [0.25, 0.3) is 0 Å². The number of nitrogens with zero attached hydrogens (tertiary/aromatic N) is 1. The number of sulfonamides is 1. The number of benzene rings is 3. The number of anilines is 1. The van der Waals surface area contributed by atoms with Gasteiger partial charge in [-0.2, -0.15) is 21.6 Å². The van der Waals surface area contributed by atoms with Crippen molar-refractivity contribution >= 4 is 26.6 Å². The Morgan fingerprint density at radius 1 is 1.03 bits per heavy atom. The van der Waals surface area contributed by atoms with Gasteiger partial charge >= 0.3 is 15.5 Å². The molecule has 0 amide bonds. The number of nitrogens with one attached hydrogen (secondary N) is 1. The van der Waals surface area contributed by atoms with Crippen LogP contribution in [0.5, 0.6) is 5.75 Å². The second kappa shape index (κ2) is 10.5. The first-order valence-corrected chi connectivity index (χ1v) is 13.6. The lowest BCUT2D eigenvalue weighted by Crippen LogP contribution is -2.30. The molecule has 1 aliphatic rings. The van der Waals surface area contributed by atoms with Crippen molar-refractivity contribution < 1.29 is 35.8 Å². The zero-order valence-corrected chi connectivity index (χ0v) is 21.3. The fourth-order valence-electron chi connectivity index (χ4n) is 4.79. The van der Waals surface area contributed by atoms with E-state index in [1.807, 2.05) is 12.1 Å². The summed E-state index contributed by atoms with van der Waals surface area (Å²) in [6, 6.07) is 19.1. The molecule has 5 rings (SSSR count). The topological polar surface area (TPSA) is 88.5 Å². The van der Waals surface area contributed by atoms with E-state index in [0.717, 1.165) is 5.56 Å². The van der Waals surface area contributed by atoms with Crippen molar-refractivity contribution in [2.75, 3.05) is 4.72 Å². The molecule has 39 heavy (non-hydrogen) atoms. The third-order valence-electron chi connectivity index (χ3n) is 6.74. The molecule has 11 heteroatoms. The SMILES string of the molecule is O=S(=O)(Nc1cccc(CC2CCc3ccc(OCc4ccc5cc(F)ccc5n4)cc3C2O)c1)C(F)(F)F. The summed E-state index contributed by atoms with van der Waals surface area (Å²) in [7, 11) is -5.53. The zero-order valence-electron chi connectivity index (χ0n) is 20.5. The van der Waals surface area contributed by atoms with Crippen LogP contribution < -0.4 is 9.46 Å². The summed E-state index contributed by atoms with van der Waals surface area (Å²) in [5.41, 5.74) is -2.03. The average molecular weight is 561 g/mol. The quantitative estimate of drug-likeness (QED) is 0.269. The first-order chi connectivity index (χ1) is 18.5. The second-order valence-electron chi connectivity index (χ2n) is 9.49. The average Bonchev–Trinajstić information content (AvgIpc) is 2.88. The molecule has 2 unspecified atom stereocenters. The van der Waals surface area contributed by atoms with E-state index in [0.29, 0.717) is 52.7 Å². The van der Waals surface area contributed by atoms with Crippen LogP contribution in [0.15, 0.2) is 72.8 Å². The Morgan fingerprint density at radius 3 is 2.64 bits per heavy atom. The lowest BCUT2D eigenvalue weighted by molar-refractivity contribution is -0.0429. The number of rotatable bonds is 7. The highest BCUT2D eigenvalue weighted by molar-refractivity contribution is 7.93. The molecule has 1 aromatic heterocycles. The molecule has 0 saturated carbocycles. The highest BCUT2D eigenvalue weighted by atomic mass is 32.2. The molecule has 2 N–H and O–H groups in total. The van der Waals surface area contributed by atoms with Crippen LogP contribution in [0.4, 0.5) is 23.2 Å². The van der Waals surface area contributed by atoms with Crippen molar-refractivity contribution in [1.82, 2.24) is 4.98 Å². The minimum Gasteiger partial charge on any atom is -0.487 e. The molecule has 0 radical (unpaired) electrons. The van der Waals surface area contributed by atoms with Gasteiger partial charge in [-0.15, -0.1) is 0 Å². The van der Waals surface area contributed by atoms with Crippen molar-refractivity contribution in [1.29, 1.82) is 0 Å². The molecule has 0 spiro atoms. The van der Waals surface area contributed by atoms with Gasteiger partial charge in [0, 0.05) is 11.1 Å². The largest absolute Gasteiger partial charge is 0.516 e. The summed E-state index contributed by atoms with van der Waals surface area (Å²) >= 11 is 0. The number of ether oxygens (including phenoxy) is 1. The van der Waals surface area contributed by atoms with E-state index in [4.69, 9.17) is 4.74 Å². The van der Waals surface area contributed by atoms with Crippen LogP contribution in [0.25, 0.3) is 10.9 Å². The summed E-state index contributed by atoms with van der Waals surface area (Å²) in [6.07, 6.45) is 0.839. The van der Waals surface area contributed by atoms with Gasteiger partial charge in [0.05, 0.1) is 17.3 Å². The predicted molar refractivity (Wildman–Crippen MR) is 138 cm³/mol. The van der Waals surface area contributed by atoms with Crippen LogP contribution >= 0.6 is 0 Å². The molecule has 6 nitrogen and oxygen atoms in total. The van der Waals surface area contributed by atoms with Crippen molar-refractivity contribution in [3.63, 3.8) is 0 Å². The monoisotopic (exact) mass is 560 g/mol. The molecule has 3 aromatic carbocycles. The van der Waals surface area contributed by atoms with Gasteiger partial charge in [0.15, 0.2) is 0 Å². The van der Waals surface area contributed by atoms with E-state index in [-0.39, 0.29) is 24.0 Å². The molecule has 204 valence electrons. The van der Waals surface area contributed by atoms with Gasteiger partial charge in [0.1, 0.15) is 18.2 Å². The Bertz CT molecular complexity index is 1630. The molecular formula is C28H24F4N2O4S. The smallest absolute Gasteiger partial charge is 0.487 e. The van der Waals surface area contributed by atoms with E-state index >= 15 is 0 Å². The number of hydrogen-bond acceptors (Lipinski definition) is 5. The van der Waals surface area contributed by atoms with Crippen LogP contribution in [0.2, 0.25) is 0 Å². The van der Waals surface area contributed by atoms with Gasteiger partial charge in [0.2, 0.25) is 0 Å². The van der Waals surface area contributed by atoms with Gasteiger partial charge < -0.3 is 9.84 Å². The number of aromatic nitrogens is 1. The Hall–Kier alpha value is -3.70. The van der Waals surface area contributed by atoms with Crippen LogP contribution in [0.1, 0.15) is 34.9 Å². The standard InChI is InChI=1S/C28H24F4N2O4S/c29-21-8-11-26-19(14-21)6-9-23(33-26)16-38-24-10-7-18-4-5-20(27(35)25(18)15-24)12-17-2-1-3-22(13-17)34-39(36,37)28(30,31)32/h1-3,6-11,13-15,20,27,34-35H,4-5,12,16H2. The van der Waals surface area contributed by atoms with E-state index < -0.39 is 21.6 Å². The number of aliphatic hydroxyl groups is 1. The fourth-order valence-corrected chi connectivity index (χ4v) is 5.34. The third kappa shape index (κ3) is 5.99. The summed E-state index contributed by atoms with van der Waals surface area (Å²) in [5.74, 6) is -0.0271. The van der Waals surface area contributed by atoms with Crippen molar-refractivity contribution in [3.8, 4) is 5.75 Å². The minimum absolute atomic E-state index is 0.173. The Kier molecular flexibility index (Phi) is 7.21. The number of aryl methyl sites for hydroxylation is 1. The van der Waals surface area contributed by atoms with Crippen LogP contribution in [0, 0.1) is 11.7 Å². The number of aliphatic hydroxyl groups excluding tert-OH is 1. The first kappa shape index (κ1) is 26.9. The maximum Gasteiger partial charge on any atom is 0.516 e. The van der Waals surface area contributed by atoms with Gasteiger partial charge in [-0.1, -0.05) is 24.3 Å². The third-order valence-corrected chi connectivity index (χ3v) is 7.86. The van der Waals surface area contributed by atoms with Crippen LogP contribution in [-0.2, 0) is 29.5 Å². The summed E-state index contributed by atoms with van der Waals surface area (Å²) in [4.78, 5) is 4.49. The molecule has 0 saturated heterocycles. The first-order valence-electron chi connectivity index (χ1n) is 12.2. The van der Waals surface area contributed by atoms with Gasteiger partial charge in [-0.3, -0.25) is 4.72 Å². The highest BCUT2D eigenvalue weighted by Crippen LogP contribution is 2.38. The molecule has 2 atom stereocenters. The van der Waals surface area contributed by atoms with E-state index in [1.54, 1.807) is 35.1 Å². The van der Waals surface area contributed by atoms with Gasteiger partial charge in [-0.25, -0.2) is 9.37 Å². The lowest BCUT2D eigenvalue weighted by atomic mass is 9.78. The normalized spacial score (nSPS) is 17.6. The summed E-state index contributed by atoms with van der Waals surface area (Å²) in [6.45, 7) is 0.173. The molecule has 1 aliphatic carbocycles. The maximum atomic E-state index is 13.4. The van der Waals surface area contributed by atoms with Crippen molar-refractivity contribution in [2.24, 2.45) is 5.92 Å². The molecule has 4 aromatic rings. The van der Waals surface area contributed by atoms with Gasteiger partial charge in [-0.05, 0) is 90.4 Å². The second-order valence-corrected chi connectivity index (χ2v) is 11.2. The molecule has 0 fully saturated rings. The zero-order chi connectivity index (χ0) is 27.8. The minimum atomic E-state index is -5.53. The lowest BCUT2D eigenvalue weighted by Gasteiger charge is -2.30. The van der Waals surface area contributed by atoms with Crippen molar-refractivity contribution in [3.05, 3.63) is 101 Å². The molecule has 1 heterocycles. The number of pyridine rings is 1. The molecule has 0 bridgehead atoms. The van der Waals surface area contributed by atoms with E-state index in [1.165, 1.54) is 30.3 Å². The molecule has 0 aliphatic heterocycles. The van der Waals surface area contributed by atoms with E-state index in [2.05, 4.69) is 4.98 Å². The predicted octanol–water partition coefficient (Wildman–Crippen LogP) is 6.05. The van der Waals surface area contributed by atoms with Crippen LogP contribution in [0.3, 0.4) is 0 Å². The molecular weight excluding hydrogens is 536 g/mol. The summed E-state index contributed by atoms with van der Waals surface area (Å²) < 4.78 is 82.0. The number of halogens is 4. The van der Waals surface area contributed by atoms with E-state index in [9.17, 15) is 31.1 Å². The Morgan fingerprint density at radius 2 is 1.85 bits per heavy atom.